The summed E-state index contributed by atoms with van der Waals surface area (Å²) < 4.78 is 5.38. The lowest BCUT2D eigenvalue weighted by atomic mass is 10.2. The molecule has 1 unspecified atom stereocenters. The molecule has 0 aromatic heterocycles. The second-order valence-electron chi connectivity index (χ2n) is 8.06. The average Bonchev–Trinajstić information content (AvgIpc) is 3.21. The molecule has 2 aromatic rings. The molecule has 1 atom stereocenters. The van der Waals surface area contributed by atoms with Crippen LogP contribution in [0.25, 0.3) is 0 Å². The summed E-state index contributed by atoms with van der Waals surface area (Å²) in [4.78, 5) is 31.2. The van der Waals surface area contributed by atoms with Crippen LogP contribution in [0, 0.1) is 11.3 Å². The first kappa shape index (κ1) is 21.8. The van der Waals surface area contributed by atoms with Crippen molar-refractivity contribution in [3.8, 4) is 6.07 Å². The maximum atomic E-state index is 12.9. The lowest BCUT2D eigenvalue weighted by molar-refractivity contribution is -0.123. The Morgan fingerprint density at radius 2 is 1.75 bits per heavy atom. The van der Waals surface area contributed by atoms with Crippen LogP contribution in [0.4, 0.5) is 17.1 Å². The topological polar surface area (TPSA) is 88.9 Å². The number of carbonyl (C=O) groups excluding carboxylic acids is 2. The summed E-state index contributed by atoms with van der Waals surface area (Å²) in [5, 5.41) is 11.9. The third-order valence-electron chi connectivity index (χ3n) is 5.94. The second-order valence-corrected chi connectivity index (χ2v) is 8.06. The van der Waals surface area contributed by atoms with Crippen LogP contribution in [0.3, 0.4) is 0 Å². The van der Waals surface area contributed by atoms with E-state index in [0.717, 1.165) is 43.4 Å². The van der Waals surface area contributed by atoms with Crippen LogP contribution in [0.15, 0.2) is 48.5 Å². The number of carbonyl (C=O) groups is 2. The molecule has 0 saturated carbocycles. The number of benzene rings is 2. The van der Waals surface area contributed by atoms with Gasteiger partial charge in [-0.2, -0.15) is 5.26 Å². The van der Waals surface area contributed by atoms with E-state index in [9.17, 15) is 9.59 Å². The fraction of sp³-hybridized carbons (Fsp3) is 0.375. The Bertz CT molecular complexity index is 994. The molecule has 8 heteroatoms. The van der Waals surface area contributed by atoms with E-state index in [1.165, 1.54) is 0 Å². The molecule has 0 radical (unpaired) electrons. The van der Waals surface area contributed by atoms with E-state index in [0.29, 0.717) is 18.5 Å². The summed E-state index contributed by atoms with van der Waals surface area (Å²) in [6.45, 7) is 3.91. The molecule has 166 valence electrons. The van der Waals surface area contributed by atoms with Crippen LogP contribution in [-0.4, -0.2) is 69.2 Å². The Kier molecular flexibility index (Phi) is 6.69. The maximum Gasteiger partial charge on any atom is 0.244 e. The van der Waals surface area contributed by atoms with Crippen molar-refractivity contribution in [3.63, 3.8) is 0 Å². The quantitative estimate of drug-likeness (QED) is 0.750. The zero-order chi connectivity index (χ0) is 22.5. The van der Waals surface area contributed by atoms with E-state index in [4.69, 9.17) is 10.00 Å². The third kappa shape index (κ3) is 4.90. The smallest absolute Gasteiger partial charge is 0.244 e. The fourth-order valence-electron chi connectivity index (χ4n) is 4.16. The van der Waals surface area contributed by atoms with Gasteiger partial charge in [-0.1, -0.05) is 0 Å². The van der Waals surface area contributed by atoms with Gasteiger partial charge in [-0.3, -0.25) is 14.5 Å². The average molecular weight is 434 g/mol. The van der Waals surface area contributed by atoms with E-state index < -0.39 is 0 Å². The van der Waals surface area contributed by atoms with Gasteiger partial charge < -0.3 is 19.9 Å². The normalized spacial score (nSPS) is 18.7. The van der Waals surface area contributed by atoms with Gasteiger partial charge in [-0.05, 0) is 62.0 Å². The van der Waals surface area contributed by atoms with Gasteiger partial charge in [0.2, 0.25) is 11.8 Å². The van der Waals surface area contributed by atoms with Crippen LogP contribution in [0.5, 0.6) is 0 Å². The van der Waals surface area contributed by atoms with E-state index in [2.05, 4.69) is 16.3 Å². The molecule has 2 aliphatic heterocycles. The van der Waals surface area contributed by atoms with Crippen molar-refractivity contribution in [1.82, 2.24) is 4.90 Å². The first-order valence-electron chi connectivity index (χ1n) is 10.8. The number of morpholine rings is 1. The van der Waals surface area contributed by atoms with Crippen LogP contribution in [0.1, 0.15) is 12.0 Å². The van der Waals surface area contributed by atoms with Crippen molar-refractivity contribution in [1.29, 1.82) is 5.26 Å². The molecular formula is C24H27N5O3. The Balaban J connectivity index is 1.30. The largest absolute Gasteiger partial charge is 0.378 e. The first-order valence-corrected chi connectivity index (χ1v) is 10.8. The van der Waals surface area contributed by atoms with Gasteiger partial charge in [0.1, 0.15) is 0 Å². The minimum absolute atomic E-state index is 0.0279. The van der Waals surface area contributed by atoms with Gasteiger partial charge in [0.05, 0.1) is 37.4 Å². The monoisotopic (exact) mass is 433 g/mol. The standard InChI is InChI=1S/C24H27N5O3/c1-27(22-10-11-29(24(22)31)21-6-2-18(16-25)3-7-21)17-23(30)26-19-4-8-20(9-5-19)28-12-14-32-15-13-28/h2-9,22H,10-15,17H2,1H3,(H,26,30). The summed E-state index contributed by atoms with van der Waals surface area (Å²) >= 11 is 0. The number of nitriles is 1. The van der Waals surface area contributed by atoms with Crippen LogP contribution in [0.2, 0.25) is 0 Å². The highest BCUT2D eigenvalue weighted by Crippen LogP contribution is 2.24. The molecule has 4 rings (SSSR count). The van der Waals surface area contributed by atoms with Crippen molar-refractivity contribution >= 4 is 28.9 Å². The number of amides is 2. The maximum absolute atomic E-state index is 12.9. The highest BCUT2D eigenvalue weighted by molar-refractivity contribution is 6.00. The Labute approximate surface area is 188 Å². The number of nitrogens with zero attached hydrogens (tertiary/aromatic N) is 4. The van der Waals surface area contributed by atoms with E-state index in [1.807, 2.05) is 24.3 Å². The lowest BCUT2D eigenvalue weighted by Crippen LogP contribution is -2.43. The predicted octanol–water partition coefficient (Wildman–Crippen LogP) is 2.07. The van der Waals surface area contributed by atoms with Crippen molar-refractivity contribution < 1.29 is 14.3 Å². The van der Waals surface area contributed by atoms with Crippen LogP contribution >= 0.6 is 0 Å². The molecule has 0 aliphatic carbocycles. The Morgan fingerprint density at radius 1 is 1.09 bits per heavy atom. The van der Waals surface area contributed by atoms with Gasteiger partial charge in [0.25, 0.3) is 0 Å². The summed E-state index contributed by atoms with van der Waals surface area (Å²) in [5.41, 5.74) is 3.18. The number of rotatable bonds is 6. The first-order chi connectivity index (χ1) is 15.5. The minimum Gasteiger partial charge on any atom is -0.378 e. The molecule has 2 heterocycles. The highest BCUT2D eigenvalue weighted by atomic mass is 16.5. The van der Waals surface area contributed by atoms with Gasteiger partial charge in [-0.15, -0.1) is 0 Å². The highest BCUT2D eigenvalue weighted by Gasteiger charge is 2.35. The van der Waals surface area contributed by atoms with Crippen molar-refractivity contribution in [2.75, 3.05) is 61.6 Å². The van der Waals surface area contributed by atoms with Gasteiger partial charge >= 0.3 is 0 Å². The van der Waals surface area contributed by atoms with Crippen molar-refractivity contribution in [2.24, 2.45) is 0 Å². The number of likely N-dealkylation sites (N-methyl/N-ethyl adjacent to an activating group) is 1. The van der Waals surface area contributed by atoms with Gasteiger partial charge in [-0.25, -0.2) is 0 Å². The molecule has 0 spiro atoms. The van der Waals surface area contributed by atoms with Crippen LogP contribution < -0.4 is 15.1 Å². The SMILES string of the molecule is CN(CC(=O)Nc1ccc(N2CCOCC2)cc1)C1CCN(c2ccc(C#N)cc2)C1=O. The van der Waals surface area contributed by atoms with E-state index in [-0.39, 0.29) is 24.4 Å². The predicted molar refractivity (Wildman–Crippen MR) is 123 cm³/mol. The molecule has 2 fully saturated rings. The van der Waals surface area contributed by atoms with E-state index in [1.54, 1.807) is 41.1 Å². The van der Waals surface area contributed by atoms with Gasteiger partial charge in [0.15, 0.2) is 0 Å². The number of anilines is 3. The minimum atomic E-state index is -0.347. The lowest BCUT2D eigenvalue weighted by Gasteiger charge is -2.29. The van der Waals surface area contributed by atoms with Crippen molar-refractivity contribution in [2.45, 2.75) is 12.5 Å². The number of ether oxygens (including phenoxy) is 1. The fourth-order valence-corrected chi connectivity index (χ4v) is 4.16. The molecule has 2 aromatic carbocycles. The Hall–Kier alpha value is -3.41. The summed E-state index contributed by atoms with van der Waals surface area (Å²) in [6.07, 6.45) is 0.650. The number of nitrogens with one attached hydrogen (secondary N) is 1. The van der Waals surface area contributed by atoms with E-state index >= 15 is 0 Å². The molecule has 32 heavy (non-hydrogen) atoms. The van der Waals surface area contributed by atoms with Crippen molar-refractivity contribution in [3.05, 3.63) is 54.1 Å². The van der Waals surface area contributed by atoms with Gasteiger partial charge in [0, 0.05) is 36.7 Å². The molecule has 2 aliphatic rings. The molecular weight excluding hydrogens is 406 g/mol. The summed E-state index contributed by atoms with van der Waals surface area (Å²) in [6, 6.07) is 16.5. The molecule has 1 N–H and O–H groups in total. The number of hydrogen-bond donors (Lipinski definition) is 1. The zero-order valence-corrected chi connectivity index (χ0v) is 18.2. The molecule has 2 amide bonds. The zero-order valence-electron chi connectivity index (χ0n) is 18.2. The second kappa shape index (κ2) is 9.81. The molecule has 0 bridgehead atoms. The van der Waals surface area contributed by atoms with Crippen LogP contribution in [-0.2, 0) is 14.3 Å². The number of hydrogen-bond acceptors (Lipinski definition) is 6. The molecule has 2 saturated heterocycles. The Morgan fingerprint density at radius 3 is 2.41 bits per heavy atom. The molecule has 8 nitrogen and oxygen atoms in total. The third-order valence-corrected chi connectivity index (χ3v) is 5.94. The summed E-state index contributed by atoms with van der Waals surface area (Å²) in [5.74, 6) is -0.184. The summed E-state index contributed by atoms with van der Waals surface area (Å²) in [7, 11) is 1.80.